The first kappa shape index (κ1) is 10.9. The molecule has 1 atom stereocenters. The molecule has 6 heteroatoms. The van der Waals surface area contributed by atoms with Crippen molar-refractivity contribution in [2.24, 2.45) is 0 Å². The molecule has 1 aliphatic rings. The number of hydrogen-bond acceptors (Lipinski definition) is 5. The van der Waals surface area contributed by atoms with Gasteiger partial charge in [0.15, 0.2) is 5.75 Å². The molecule has 1 unspecified atom stereocenters. The van der Waals surface area contributed by atoms with E-state index in [-0.39, 0.29) is 0 Å². The van der Waals surface area contributed by atoms with Crippen molar-refractivity contribution in [1.82, 2.24) is 0 Å². The van der Waals surface area contributed by atoms with Crippen LogP contribution >= 0.6 is 0 Å². The van der Waals surface area contributed by atoms with Crippen molar-refractivity contribution < 1.29 is 12.6 Å². The summed E-state index contributed by atoms with van der Waals surface area (Å²) in [6.07, 6.45) is 0. The van der Waals surface area contributed by atoms with E-state index >= 15 is 0 Å². The van der Waals surface area contributed by atoms with Gasteiger partial charge in [0.05, 0.1) is 5.69 Å². The van der Waals surface area contributed by atoms with Crippen LogP contribution in [0.25, 0.3) is 11.1 Å². The Hall–Kier alpha value is -2.21. The lowest BCUT2D eigenvalue weighted by atomic mass is 10.0. The second-order valence-electron chi connectivity index (χ2n) is 3.85. The Morgan fingerprint density at radius 3 is 2.28 bits per heavy atom. The Bertz CT molecular complexity index is 641. The van der Waals surface area contributed by atoms with Gasteiger partial charge in [-0.15, -0.1) is 0 Å². The number of hydrogen-bond donors (Lipinski definition) is 2. The second-order valence-corrected chi connectivity index (χ2v) is 4.59. The largest absolute Gasteiger partial charge is 0.418 e. The van der Waals surface area contributed by atoms with Gasteiger partial charge in [-0.05, 0) is 29.8 Å². The highest BCUT2D eigenvalue weighted by atomic mass is 32.2. The number of fused-ring (bicyclic) bond motifs is 1. The number of rotatable bonds is 1. The van der Waals surface area contributed by atoms with Crippen molar-refractivity contribution in [3.05, 3.63) is 36.4 Å². The minimum atomic E-state index is -1.82. The number of benzene rings is 2. The Kier molecular flexibility index (Phi) is 2.38. The molecular formula is C12H10N2O3S. The standard InChI is InChI=1S/C12H10N2O3S/c13-8-3-1-7(2-4-8)9-5-6-10(14)12-11(9)16-18(15)17-12/h1-6H,13-14H2. The first-order chi connectivity index (χ1) is 8.65. The van der Waals surface area contributed by atoms with Crippen molar-refractivity contribution in [2.45, 2.75) is 0 Å². The van der Waals surface area contributed by atoms with Gasteiger partial charge >= 0.3 is 11.4 Å². The molecule has 3 rings (SSSR count). The molecule has 0 fully saturated rings. The summed E-state index contributed by atoms with van der Waals surface area (Å²) in [5, 5.41) is 0. The topological polar surface area (TPSA) is 87.6 Å². The minimum absolute atomic E-state index is 0.322. The van der Waals surface area contributed by atoms with Gasteiger partial charge in [-0.1, -0.05) is 12.1 Å². The number of nitrogens with two attached hydrogens (primary N) is 2. The third-order valence-electron chi connectivity index (χ3n) is 2.67. The molecule has 2 aromatic carbocycles. The number of anilines is 2. The fraction of sp³-hybridized carbons (Fsp3) is 0. The maximum Gasteiger partial charge on any atom is 0.418 e. The van der Waals surface area contributed by atoms with Crippen molar-refractivity contribution >= 4 is 22.7 Å². The monoisotopic (exact) mass is 262 g/mol. The Morgan fingerprint density at radius 1 is 0.889 bits per heavy atom. The van der Waals surface area contributed by atoms with E-state index in [0.29, 0.717) is 22.9 Å². The molecule has 18 heavy (non-hydrogen) atoms. The second kappa shape index (κ2) is 3.92. The zero-order valence-electron chi connectivity index (χ0n) is 9.25. The van der Waals surface area contributed by atoms with E-state index in [0.717, 1.165) is 11.1 Å². The normalized spacial score (nSPS) is 16.8. The molecule has 2 aromatic rings. The van der Waals surface area contributed by atoms with Crippen LogP contribution in [0.1, 0.15) is 0 Å². The van der Waals surface area contributed by atoms with Crippen LogP contribution in [-0.2, 0) is 11.4 Å². The predicted molar refractivity (Wildman–Crippen MR) is 70.1 cm³/mol. The first-order valence-corrected chi connectivity index (χ1v) is 6.22. The molecule has 0 radical (unpaired) electrons. The molecule has 1 aliphatic heterocycles. The Balaban J connectivity index is 2.17. The predicted octanol–water partition coefficient (Wildman–Crippen LogP) is 1.87. The molecule has 0 saturated carbocycles. The van der Waals surface area contributed by atoms with Crippen LogP contribution < -0.4 is 19.8 Å². The Labute approximate surface area is 106 Å². The smallest absolute Gasteiger partial charge is 0.399 e. The maximum atomic E-state index is 11.3. The summed E-state index contributed by atoms with van der Waals surface area (Å²) >= 11 is -1.82. The van der Waals surface area contributed by atoms with E-state index in [4.69, 9.17) is 19.8 Å². The van der Waals surface area contributed by atoms with Crippen LogP contribution in [0.2, 0.25) is 0 Å². The van der Waals surface area contributed by atoms with Gasteiger partial charge in [-0.2, -0.15) is 4.21 Å². The van der Waals surface area contributed by atoms with Gasteiger partial charge in [-0.3, -0.25) is 0 Å². The van der Waals surface area contributed by atoms with Gasteiger partial charge in [0, 0.05) is 11.3 Å². The quantitative estimate of drug-likeness (QED) is 0.766. The summed E-state index contributed by atoms with van der Waals surface area (Å²) in [7, 11) is 0. The number of nitrogen functional groups attached to an aromatic ring is 2. The summed E-state index contributed by atoms with van der Waals surface area (Å²) < 4.78 is 21.4. The highest BCUT2D eigenvalue weighted by Gasteiger charge is 2.27. The van der Waals surface area contributed by atoms with E-state index in [1.54, 1.807) is 24.3 Å². The summed E-state index contributed by atoms with van der Waals surface area (Å²) in [6.45, 7) is 0. The van der Waals surface area contributed by atoms with Crippen LogP contribution in [0.3, 0.4) is 0 Å². The molecule has 0 aliphatic carbocycles. The van der Waals surface area contributed by atoms with Crippen LogP contribution in [0.5, 0.6) is 11.5 Å². The van der Waals surface area contributed by atoms with Gasteiger partial charge in [-0.25, -0.2) is 0 Å². The van der Waals surface area contributed by atoms with Gasteiger partial charge in [0.2, 0.25) is 5.75 Å². The van der Waals surface area contributed by atoms with Crippen molar-refractivity contribution in [3.63, 3.8) is 0 Å². The average molecular weight is 262 g/mol. The van der Waals surface area contributed by atoms with Crippen LogP contribution in [0, 0.1) is 0 Å². The molecule has 0 saturated heterocycles. The lowest BCUT2D eigenvalue weighted by Crippen LogP contribution is -1.98. The SMILES string of the molecule is Nc1ccc(-c2ccc(N)c3c2OS(=O)O3)cc1. The summed E-state index contributed by atoms with van der Waals surface area (Å²) in [5.41, 5.74) is 14.1. The van der Waals surface area contributed by atoms with E-state index in [1.165, 1.54) is 0 Å². The van der Waals surface area contributed by atoms with E-state index in [2.05, 4.69) is 0 Å². The van der Waals surface area contributed by atoms with Crippen LogP contribution in [-0.4, -0.2) is 4.21 Å². The lowest BCUT2D eigenvalue weighted by molar-refractivity contribution is 0.521. The summed E-state index contributed by atoms with van der Waals surface area (Å²) in [4.78, 5) is 0. The maximum absolute atomic E-state index is 11.3. The molecule has 92 valence electrons. The molecule has 4 N–H and O–H groups in total. The van der Waals surface area contributed by atoms with Gasteiger partial charge in [0.25, 0.3) is 0 Å². The molecule has 0 bridgehead atoms. The molecule has 0 amide bonds. The van der Waals surface area contributed by atoms with E-state index < -0.39 is 11.4 Å². The van der Waals surface area contributed by atoms with Crippen molar-refractivity contribution in [2.75, 3.05) is 11.5 Å². The zero-order chi connectivity index (χ0) is 12.7. The van der Waals surface area contributed by atoms with E-state index in [9.17, 15) is 4.21 Å². The lowest BCUT2D eigenvalue weighted by Gasteiger charge is -2.06. The van der Waals surface area contributed by atoms with Crippen molar-refractivity contribution in [1.29, 1.82) is 0 Å². The van der Waals surface area contributed by atoms with E-state index in [1.807, 2.05) is 12.1 Å². The highest BCUT2D eigenvalue weighted by molar-refractivity contribution is 7.76. The minimum Gasteiger partial charge on any atom is -0.399 e. The first-order valence-electron chi connectivity index (χ1n) is 5.22. The highest BCUT2D eigenvalue weighted by Crippen LogP contribution is 2.46. The van der Waals surface area contributed by atoms with Gasteiger partial charge < -0.3 is 19.8 Å². The Morgan fingerprint density at radius 2 is 1.56 bits per heavy atom. The van der Waals surface area contributed by atoms with Crippen LogP contribution in [0.4, 0.5) is 11.4 Å². The van der Waals surface area contributed by atoms with Gasteiger partial charge in [0.1, 0.15) is 0 Å². The fourth-order valence-corrected chi connectivity index (χ4v) is 2.43. The van der Waals surface area contributed by atoms with Crippen LogP contribution in [0.15, 0.2) is 36.4 Å². The third kappa shape index (κ3) is 1.67. The third-order valence-corrected chi connectivity index (χ3v) is 3.27. The summed E-state index contributed by atoms with van der Waals surface area (Å²) in [5.74, 6) is 0.723. The molecule has 0 aromatic heterocycles. The summed E-state index contributed by atoms with van der Waals surface area (Å²) in [6, 6.07) is 10.8. The molecule has 0 spiro atoms. The molecule has 1 heterocycles. The van der Waals surface area contributed by atoms with Crippen molar-refractivity contribution in [3.8, 4) is 22.6 Å². The fourth-order valence-electron chi connectivity index (χ4n) is 1.79. The molecule has 5 nitrogen and oxygen atoms in total. The molecular weight excluding hydrogens is 252 g/mol. The average Bonchev–Trinajstić information content (AvgIpc) is 2.74. The zero-order valence-corrected chi connectivity index (χ0v) is 10.1.